The van der Waals surface area contributed by atoms with E-state index in [1.54, 1.807) is 0 Å². The second kappa shape index (κ2) is 3.92. The summed E-state index contributed by atoms with van der Waals surface area (Å²) in [7, 11) is -3.08. The largest absolute Gasteiger partial charge is 0.332 e. The topological polar surface area (TPSA) is 79.4 Å². The van der Waals surface area contributed by atoms with Crippen molar-refractivity contribution in [3.05, 3.63) is 24.3 Å². The maximum Gasteiger partial charge on any atom is 0.324 e. The van der Waals surface area contributed by atoms with Crippen molar-refractivity contribution in [2.24, 2.45) is 0 Å². The van der Waals surface area contributed by atoms with E-state index in [1.807, 2.05) is 24.3 Å². The number of carbonyl (C=O) groups excluding carboxylic acids is 1. The molecule has 0 aliphatic carbocycles. The average Bonchev–Trinajstić information content (AvgIpc) is 2.97. The fraction of sp³-hybridized carbons (Fsp3) is 0.333. The Morgan fingerprint density at radius 2 is 2.10 bits per heavy atom. The minimum absolute atomic E-state index is 0.00628. The summed E-state index contributed by atoms with van der Waals surface area (Å²) in [6.45, 7) is 0. The number of nitrogens with one attached hydrogen (secondary N) is 1. The summed E-state index contributed by atoms with van der Waals surface area (Å²) in [4.78, 5) is 18.0. The van der Waals surface area contributed by atoms with Crippen LogP contribution >= 0.6 is 11.3 Å². The number of benzene rings is 1. The zero-order valence-electron chi connectivity index (χ0n) is 10.3. The highest BCUT2D eigenvalue weighted by Gasteiger charge is 2.50. The molecule has 0 unspecified atom stereocenters. The van der Waals surface area contributed by atoms with Crippen LogP contribution in [-0.4, -0.2) is 43.0 Å². The van der Waals surface area contributed by atoms with Crippen LogP contribution in [0, 0.1) is 0 Å². The molecule has 2 amide bonds. The number of hydrogen-bond acceptors (Lipinski definition) is 5. The van der Waals surface area contributed by atoms with Crippen LogP contribution in [0.15, 0.2) is 24.3 Å². The molecule has 1 N–H and O–H groups in total. The molecule has 1 aromatic carbocycles. The van der Waals surface area contributed by atoms with E-state index in [1.165, 1.54) is 16.2 Å². The van der Waals surface area contributed by atoms with Crippen molar-refractivity contribution < 1.29 is 13.2 Å². The number of carbonyl (C=O) groups is 1. The third-order valence-corrected chi connectivity index (χ3v) is 6.42. The van der Waals surface area contributed by atoms with Gasteiger partial charge in [-0.15, -0.1) is 0 Å². The lowest BCUT2D eigenvalue weighted by Gasteiger charge is -2.17. The Morgan fingerprint density at radius 1 is 1.30 bits per heavy atom. The van der Waals surface area contributed by atoms with Crippen LogP contribution < -0.4 is 10.2 Å². The first-order valence-electron chi connectivity index (χ1n) is 6.19. The minimum Gasteiger partial charge on any atom is -0.332 e. The lowest BCUT2D eigenvalue weighted by molar-refractivity contribution is 0.251. The van der Waals surface area contributed by atoms with E-state index in [0.29, 0.717) is 5.13 Å². The third-order valence-electron chi connectivity index (χ3n) is 3.67. The number of amides is 2. The standard InChI is InChI=1S/C12H11N3O3S2/c16-11-13-8-5-20(17,18)6-9(8)15(11)12-14-7-3-1-2-4-10(7)19-12/h1-4,8-9H,5-6H2,(H,13,16)/t8-,9-/m1/s1. The van der Waals surface area contributed by atoms with Crippen LogP contribution in [0.2, 0.25) is 0 Å². The number of thiazole rings is 1. The van der Waals surface area contributed by atoms with E-state index in [0.717, 1.165) is 10.2 Å². The van der Waals surface area contributed by atoms with E-state index in [4.69, 9.17) is 0 Å². The van der Waals surface area contributed by atoms with Gasteiger partial charge >= 0.3 is 6.03 Å². The first-order chi connectivity index (χ1) is 9.53. The molecule has 6 nitrogen and oxygen atoms in total. The van der Waals surface area contributed by atoms with Crippen molar-refractivity contribution in [1.82, 2.24) is 10.3 Å². The molecule has 8 heteroatoms. The maximum absolute atomic E-state index is 12.1. The average molecular weight is 309 g/mol. The van der Waals surface area contributed by atoms with E-state index in [-0.39, 0.29) is 29.6 Å². The number of para-hydroxylation sites is 1. The molecule has 0 radical (unpaired) electrons. The Labute approximate surface area is 119 Å². The van der Waals surface area contributed by atoms with Gasteiger partial charge in [0.25, 0.3) is 0 Å². The van der Waals surface area contributed by atoms with Crippen molar-refractivity contribution in [2.75, 3.05) is 16.4 Å². The lowest BCUT2D eigenvalue weighted by Crippen LogP contribution is -2.36. The highest BCUT2D eigenvalue weighted by Crippen LogP contribution is 2.34. The Hall–Kier alpha value is -1.67. The molecule has 20 heavy (non-hydrogen) atoms. The fourth-order valence-electron chi connectivity index (χ4n) is 2.79. The number of anilines is 1. The molecule has 2 saturated heterocycles. The number of hydrogen-bond donors (Lipinski definition) is 1. The predicted molar refractivity (Wildman–Crippen MR) is 76.9 cm³/mol. The summed E-state index contributed by atoms with van der Waals surface area (Å²) in [5, 5.41) is 3.30. The third kappa shape index (κ3) is 1.71. The van der Waals surface area contributed by atoms with Crippen LogP contribution in [0.4, 0.5) is 9.93 Å². The molecule has 2 atom stereocenters. The zero-order valence-corrected chi connectivity index (χ0v) is 11.9. The van der Waals surface area contributed by atoms with Crippen LogP contribution in [0.25, 0.3) is 10.2 Å². The molecule has 104 valence electrons. The van der Waals surface area contributed by atoms with Gasteiger partial charge in [-0.05, 0) is 12.1 Å². The monoisotopic (exact) mass is 309 g/mol. The molecule has 0 bridgehead atoms. The molecule has 3 heterocycles. The summed E-state index contributed by atoms with van der Waals surface area (Å²) in [6, 6.07) is 6.71. The smallest absolute Gasteiger partial charge is 0.324 e. The van der Waals surface area contributed by atoms with Gasteiger partial charge in [-0.2, -0.15) is 0 Å². The quantitative estimate of drug-likeness (QED) is 0.797. The molecule has 1 aromatic heterocycles. The van der Waals surface area contributed by atoms with Gasteiger partial charge in [0.15, 0.2) is 15.0 Å². The van der Waals surface area contributed by atoms with E-state index < -0.39 is 9.84 Å². The normalized spacial score (nSPS) is 27.8. The molecular formula is C12H11N3O3S2. The number of urea groups is 1. The van der Waals surface area contributed by atoms with Crippen molar-refractivity contribution >= 4 is 42.6 Å². The molecule has 4 rings (SSSR count). The highest BCUT2D eigenvalue weighted by atomic mass is 32.2. The number of rotatable bonds is 1. The summed E-state index contributed by atoms with van der Waals surface area (Å²) >= 11 is 1.41. The molecule has 0 spiro atoms. The van der Waals surface area contributed by atoms with Crippen molar-refractivity contribution in [2.45, 2.75) is 12.1 Å². The number of nitrogens with zero attached hydrogens (tertiary/aromatic N) is 2. The van der Waals surface area contributed by atoms with Gasteiger partial charge in [0, 0.05) is 0 Å². The Kier molecular flexibility index (Phi) is 2.37. The second-order valence-electron chi connectivity index (χ2n) is 5.03. The summed E-state index contributed by atoms with van der Waals surface area (Å²) in [6.07, 6.45) is 0. The Morgan fingerprint density at radius 3 is 2.90 bits per heavy atom. The summed E-state index contributed by atoms with van der Waals surface area (Å²) in [5.41, 5.74) is 0.824. The molecule has 2 aromatic rings. The van der Waals surface area contributed by atoms with Gasteiger partial charge in [-0.1, -0.05) is 23.5 Å². The SMILES string of the molecule is O=C1N[C@@H]2CS(=O)(=O)C[C@H]2N1c1nc2ccccc2s1. The van der Waals surface area contributed by atoms with Gasteiger partial charge in [-0.3, -0.25) is 4.90 Å². The number of fused-ring (bicyclic) bond motifs is 2. The van der Waals surface area contributed by atoms with E-state index in [2.05, 4.69) is 10.3 Å². The molecule has 2 fully saturated rings. The summed E-state index contributed by atoms with van der Waals surface area (Å²) in [5.74, 6) is 0.0249. The van der Waals surface area contributed by atoms with E-state index in [9.17, 15) is 13.2 Å². The van der Waals surface area contributed by atoms with Gasteiger partial charge < -0.3 is 5.32 Å². The van der Waals surface area contributed by atoms with Crippen molar-refractivity contribution in [1.29, 1.82) is 0 Å². The van der Waals surface area contributed by atoms with E-state index >= 15 is 0 Å². The zero-order chi connectivity index (χ0) is 13.9. The Bertz CT molecular complexity index is 781. The van der Waals surface area contributed by atoms with Crippen molar-refractivity contribution in [3.63, 3.8) is 0 Å². The highest BCUT2D eigenvalue weighted by molar-refractivity contribution is 7.91. The first-order valence-corrected chi connectivity index (χ1v) is 8.83. The molecular weight excluding hydrogens is 298 g/mol. The van der Waals surface area contributed by atoms with Crippen LogP contribution in [0.5, 0.6) is 0 Å². The molecule has 2 aliphatic rings. The fourth-order valence-corrected chi connectivity index (χ4v) is 5.70. The lowest BCUT2D eigenvalue weighted by atomic mass is 10.2. The van der Waals surface area contributed by atoms with Crippen LogP contribution in [0.1, 0.15) is 0 Å². The van der Waals surface area contributed by atoms with Gasteiger partial charge in [0.1, 0.15) is 0 Å². The number of sulfone groups is 1. The van der Waals surface area contributed by atoms with Crippen LogP contribution in [-0.2, 0) is 9.84 Å². The molecule has 2 aliphatic heterocycles. The predicted octanol–water partition coefficient (Wildman–Crippen LogP) is 0.992. The Balaban J connectivity index is 1.78. The second-order valence-corrected chi connectivity index (χ2v) is 8.20. The minimum atomic E-state index is -3.08. The van der Waals surface area contributed by atoms with Gasteiger partial charge in [0.2, 0.25) is 0 Å². The van der Waals surface area contributed by atoms with Crippen LogP contribution in [0.3, 0.4) is 0 Å². The van der Waals surface area contributed by atoms with Gasteiger partial charge in [-0.25, -0.2) is 18.2 Å². The maximum atomic E-state index is 12.1. The summed E-state index contributed by atoms with van der Waals surface area (Å²) < 4.78 is 24.4. The number of aromatic nitrogens is 1. The van der Waals surface area contributed by atoms with Crippen molar-refractivity contribution in [3.8, 4) is 0 Å². The first kappa shape index (κ1) is 12.1. The molecule has 0 saturated carbocycles. The van der Waals surface area contributed by atoms with Gasteiger partial charge in [0.05, 0.1) is 33.8 Å².